The third-order valence-corrected chi connectivity index (χ3v) is 3.68. The van der Waals surface area contributed by atoms with Gasteiger partial charge in [-0.25, -0.2) is 0 Å². The lowest BCUT2D eigenvalue weighted by Gasteiger charge is -2.40. The zero-order valence-electron chi connectivity index (χ0n) is 11.1. The third kappa shape index (κ3) is 3.68. The number of hydroxylamine groups is 2. The molecule has 2 saturated heterocycles. The van der Waals surface area contributed by atoms with Gasteiger partial charge in [-0.3, -0.25) is 4.84 Å². The summed E-state index contributed by atoms with van der Waals surface area (Å²) in [4.78, 5) is 5.23. The molecule has 2 unspecified atom stereocenters. The zero-order chi connectivity index (χ0) is 15.7. The summed E-state index contributed by atoms with van der Waals surface area (Å²) < 4.78 is 4.92. The highest BCUT2D eigenvalue weighted by Gasteiger charge is 2.43. The molecule has 10 heteroatoms. The number of hydrogen-bond donors (Lipinski definition) is 7. The van der Waals surface area contributed by atoms with E-state index < -0.39 is 49.0 Å². The van der Waals surface area contributed by atoms with Crippen LogP contribution in [0.4, 0.5) is 0 Å². The fourth-order valence-corrected chi connectivity index (χ4v) is 2.32. The van der Waals surface area contributed by atoms with Crippen LogP contribution in [0, 0.1) is 0 Å². The van der Waals surface area contributed by atoms with Gasteiger partial charge in [0, 0.05) is 0 Å². The van der Waals surface area contributed by atoms with Crippen molar-refractivity contribution in [2.24, 2.45) is 0 Å². The first kappa shape index (κ1) is 17.0. The Bertz CT molecular complexity index is 334. The van der Waals surface area contributed by atoms with Crippen LogP contribution in [0.3, 0.4) is 0 Å². The predicted octanol–water partition coefficient (Wildman–Crippen LogP) is -4.88. The topological polar surface area (TPSA) is 163 Å². The Balaban J connectivity index is 1.85. The van der Waals surface area contributed by atoms with E-state index in [0.29, 0.717) is 0 Å². The summed E-state index contributed by atoms with van der Waals surface area (Å²) in [6.45, 7) is -0.402. The quantitative estimate of drug-likeness (QED) is 0.269. The van der Waals surface area contributed by atoms with Crippen molar-refractivity contribution in [3.8, 4) is 0 Å². The fraction of sp³-hybridized carbons (Fsp3) is 1.00. The Morgan fingerprint density at radius 1 is 0.810 bits per heavy atom. The normalized spacial score (nSPS) is 49.3. The molecule has 0 bridgehead atoms. The van der Waals surface area contributed by atoms with Gasteiger partial charge >= 0.3 is 0 Å². The first-order chi connectivity index (χ1) is 9.81. The van der Waals surface area contributed by atoms with Crippen LogP contribution < -0.4 is 0 Å². The molecule has 0 aliphatic carbocycles. The SMILES string of the molecule is OC1[C@H](O)CN(OC[C@H]2OC(O)[C@H](O)[C@@H](O)[C@H]2O)C[C@@H]1O. The molecule has 8 atom stereocenters. The van der Waals surface area contributed by atoms with Crippen LogP contribution in [0.25, 0.3) is 0 Å². The van der Waals surface area contributed by atoms with Crippen molar-refractivity contribution >= 4 is 0 Å². The number of aliphatic hydroxyl groups excluding tert-OH is 7. The average Bonchev–Trinajstić information content (AvgIpc) is 2.44. The number of nitrogens with zero attached hydrogens (tertiary/aromatic N) is 1. The van der Waals surface area contributed by atoms with E-state index in [1.807, 2.05) is 0 Å². The Kier molecular flexibility index (Phi) is 5.48. The molecular formula is C11H21NO9. The summed E-state index contributed by atoms with van der Waals surface area (Å²) in [5.74, 6) is 0. The third-order valence-electron chi connectivity index (χ3n) is 3.68. The Morgan fingerprint density at radius 2 is 1.38 bits per heavy atom. The Hall–Kier alpha value is -0.400. The highest BCUT2D eigenvalue weighted by molar-refractivity contribution is 4.89. The molecule has 2 fully saturated rings. The molecular weight excluding hydrogens is 290 g/mol. The van der Waals surface area contributed by atoms with E-state index in [4.69, 9.17) is 9.57 Å². The molecule has 124 valence electrons. The minimum absolute atomic E-state index is 0.0607. The minimum atomic E-state index is -1.66. The number of hydrogen-bond acceptors (Lipinski definition) is 10. The molecule has 0 saturated carbocycles. The molecule has 7 N–H and O–H groups in total. The maximum atomic E-state index is 9.72. The molecule has 0 radical (unpaired) electrons. The lowest BCUT2D eigenvalue weighted by atomic mass is 9.99. The first-order valence-corrected chi connectivity index (χ1v) is 6.61. The van der Waals surface area contributed by atoms with E-state index in [0.717, 1.165) is 0 Å². The van der Waals surface area contributed by atoms with E-state index in [1.54, 1.807) is 0 Å². The minimum Gasteiger partial charge on any atom is -0.389 e. The van der Waals surface area contributed by atoms with E-state index in [-0.39, 0.29) is 19.7 Å². The van der Waals surface area contributed by atoms with Gasteiger partial charge in [-0.15, -0.1) is 0 Å². The van der Waals surface area contributed by atoms with E-state index in [9.17, 15) is 35.7 Å². The predicted molar refractivity (Wildman–Crippen MR) is 64.4 cm³/mol. The van der Waals surface area contributed by atoms with E-state index in [1.165, 1.54) is 5.06 Å². The maximum Gasteiger partial charge on any atom is 0.184 e. The van der Waals surface area contributed by atoms with Crippen LogP contribution in [0.1, 0.15) is 0 Å². The number of ether oxygens (including phenoxy) is 1. The van der Waals surface area contributed by atoms with Gasteiger partial charge in [0.2, 0.25) is 0 Å². The van der Waals surface area contributed by atoms with Crippen molar-refractivity contribution in [2.45, 2.75) is 49.0 Å². The van der Waals surface area contributed by atoms with Crippen molar-refractivity contribution in [3.63, 3.8) is 0 Å². The number of rotatable bonds is 3. The molecule has 0 aromatic heterocycles. The largest absolute Gasteiger partial charge is 0.389 e. The second-order valence-corrected chi connectivity index (χ2v) is 5.30. The van der Waals surface area contributed by atoms with Crippen molar-refractivity contribution in [2.75, 3.05) is 19.7 Å². The van der Waals surface area contributed by atoms with Crippen LogP contribution in [-0.2, 0) is 9.57 Å². The fourth-order valence-electron chi connectivity index (χ4n) is 2.32. The number of piperidine rings is 1. The van der Waals surface area contributed by atoms with Crippen LogP contribution in [0.5, 0.6) is 0 Å². The molecule has 0 spiro atoms. The van der Waals surface area contributed by atoms with Gasteiger partial charge in [0.25, 0.3) is 0 Å². The molecule has 2 rings (SSSR count). The summed E-state index contributed by atoms with van der Waals surface area (Å²) in [7, 11) is 0. The van der Waals surface area contributed by atoms with Crippen LogP contribution >= 0.6 is 0 Å². The van der Waals surface area contributed by atoms with Gasteiger partial charge in [0.15, 0.2) is 6.29 Å². The highest BCUT2D eigenvalue weighted by Crippen LogP contribution is 2.21. The summed E-state index contributed by atoms with van der Waals surface area (Å²) in [6, 6.07) is 0. The molecule has 2 aliphatic rings. The number of β-amino-alcohol motifs (C(OH)–C–C–N with tert-alkyl or cyclic N) is 2. The average molecular weight is 311 g/mol. The molecule has 21 heavy (non-hydrogen) atoms. The lowest BCUT2D eigenvalue weighted by Crippen LogP contribution is -2.60. The monoisotopic (exact) mass is 311 g/mol. The molecule has 0 aromatic carbocycles. The van der Waals surface area contributed by atoms with E-state index in [2.05, 4.69) is 0 Å². The molecule has 2 heterocycles. The lowest BCUT2D eigenvalue weighted by molar-refractivity contribution is -0.310. The van der Waals surface area contributed by atoms with Gasteiger partial charge in [0.1, 0.15) is 30.5 Å². The molecule has 0 aromatic rings. The Morgan fingerprint density at radius 3 is 1.95 bits per heavy atom. The zero-order valence-corrected chi connectivity index (χ0v) is 11.1. The van der Waals surface area contributed by atoms with Crippen molar-refractivity contribution in [1.82, 2.24) is 5.06 Å². The van der Waals surface area contributed by atoms with Gasteiger partial charge in [0.05, 0.1) is 31.9 Å². The summed E-state index contributed by atoms with van der Waals surface area (Å²) in [6.07, 6.45) is -11.1. The van der Waals surface area contributed by atoms with Gasteiger partial charge < -0.3 is 40.5 Å². The van der Waals surface area contributed by atoms with E-state index >= 15 is 0 Å². The molecule has 2 aliphatic heterocycles. The summed E-state index contributed by atoms with van der Waals surface area (Å²) in [5, 5.41) is 67.5. The number of aliphatic hydroxyl groups is 7. The van der Waals surface area contributed by atoms with Crippen LogP contribution in [0.2, 0.25) is 0 Å². The smallest absolute Gasteiger partial charge is 0.184 e. The molecule has 10 nitrogen and oxygen atoms in total. The summed E-state index contributed by atoms with van der Waals surface area (Å²) >= 11 is 0. The second-order valence-electron chi connectivity index (χ2n) is 5.30. The van der Waals surface area contributed by atoms with Crippen LogP contribution in [-0.4, -0.2) is 110 Å². The Labute approximate surface area is 120 Å². The maximum absolute atomic E-state index is 9.72. The van der Waals surface area contributed by atoms with Crippen molar-refractivity contribution in [1.29, 1.82) is 0 Å². The van der Waals surface area contributed by atoms with Gasteiger partial charge in [-0.05, 0) is 0 Å². The van der Waals surface area contributed by atoms with Gasteiger partial charge in [-0.2, -0.15) is 5.06 Å². The first-order valence-electron chi connectivity index (χ1n) is 6.61. The van der Waals surface area contributed by atoms with Gasteiger partial charge in [-0.1, -0.05) is 0 Å². The second kappa shape index (κ2) is 6.79. The highest BCUT2D eigenvalue weighted by atomic mass is 16.7. The summed E-state index contributed by atoms with van der Waals surface area (Å²) in [5.41, 5.74) is 0. The van der Waals surface area contributed by atoms with Crippen LogP contribution in [0.15, 0.2) is 0 Å². The standard InChI is InChI=1S/C11H21NO9/c13-4-1-12(2-5(14)7(4)15)20-3-6-8(16)9(17)10(18)11(19)21-6/h4-11,13-19H,1-3H2/t4-,5+,6-,7?,8+,9+,10-,11?/m1/s1. The van der Waals surface area contributed by atoms with Crippen molar-refractivity contribution < 1.29 is 45.3 Å². The molecule has 0 amide bonds. The van der Waals surface area contributed by atoms with Crippen molar-refractivity contribution in [3.05, 3.63) is 0 Å².